The van der Waals surface area contributed by atoms with Gasteiger partial charge in [0.25, 0.3) is 0 Å². The maximum Gasteiger partial charge on any atom is 0.225 e. The number of aldehydes is 1. The third kappa shape index (κ3) is 11.0. The van der Waals surface area contributed by atoms with Crippen molar-refractivity contribution < 1.29 is 23.9 Å². The molecule has 0 heterocycles. The number of amides is 3. The van der Waals surface area contributed by atoms with Crippen LogP contribution in [0.25, 0.3) is 0 Å². The van der Waals surface area contributed by atoms with E-state index in [4.69, 9.17) is 10.5 Å². The van der Waals surface area contributed by atoms with Crippen LogP contribution in [0.5, 0.6) is 0 Å². The van der Waals surface area contributed by atoms with Gasteiger partial charge >= 0.3 is 0 Å². The molecule has 0 radical (unpaired) electrons. The molecule has 0 aromatic heterocycles. The van der Waals surface area contributed by atoms with Crippen molar-refractivity contribution in [1.29, 1.82) is 0 Å². The van der Waals surface area contributed by atoms with Gasteiger partial charge in [-0.15, -0.1) is 0 Å². The predicted octanol–water partition coefficient (Wildman–Crippen LogP) is 0.535. The molecule has 0 aliphatic carbocycles. The van der Waals surface area contributed by atoms with Crippen LogP contribution in [0.4, 0.5) is 0 Å². The molecule has 0 rings (SSSR count). The fraction of sp³-hybridized carbons (Fsp3) is 0.778. The van der Waals surface area contributed by atoms with E-state index in [2.05, 4.69) is 17.9 Å². The Balaban J connectivity index is 4.16. The fourth-order valence-electron chi connectivity index (χ4n) is 1.89. The second-order valence-electron chi connectivity index (χ2n) is 7.87. The van der Waals surface area contributed by atoms with E-state index in [0.29, 0.717) is 19.3 Å². The molecule has 1 atom stereocenters. The number of carbonyl (C=O) groups is 4. The predicted molar refractivity (Wildman–Crippen MR) is 106 cm³/mol. The van der Waals surface area contributed by atoms with E-state index in [1.807, 2.05) is 13.8 Å². The third-order valence-electron chi connectivity index (χ3n) is 4.18. The van der Waals surface area contributed by atoms with E-state index in [-0.39, 0.29) is 37.8 Å². The number of hydrogen-bond donors (Lipinski definition) is 3. The van der Waals surface area contributed by atoms with Crippen LogP contribution in [0.15, 0.2) is 0 Å². The van der Waals surface area contributed by atoms with E-state index in [0.717, 1.165) is 0 Å². The molecule has 0 spiro atoms. The van der Waals surface area contributed by atoms with E-state index in [1.165, 1.54) is 4.90 Å². The summed E-state index contributed by atoms with van der Waals surface area (Å²) >= 11 is 3.96. The Kier molecular flexibility index (Phi) is 10.6. The SMILES string of the molecule is CN(CCC(=O)NCCC(C)(C)OCC(C)(C)C(N)=O)C(=O)CC(S)C=O. The van der Waals surface area contributed by atoms with Crippen LogP contribution >= 0.6 is 12.6 Å². The van der Waals surface area contributed by atoms with Crippen molar-refractivity contribution in [2.75, 3.05) is 26.7 Å². The lowest BCUT2D eigenvalue weighted by Gasteiger charge is -2.30. The molecule has 0 saturated carbocycles. The van der Waals surface area contributed by atoms with Gasteiger partial charge in [-0.25, -0.2) is 0 Å². The van der Waals surface area contributed by atoms with Crippen LogP contribution in [-0.2, 0) is 23.9 Å². The lowest BCUT2D eigenvalue weighted by atomic mass is 9.93. The van der Waals surface area contributed by atoms with Gasteiger partial charge in [-0.3, -0.25) is 14.4 Å². The minimum Gasteiger partial charge on any atom is -0.374 e. The molecule has 27 heavy (non-hydrogen) atoms. The van der Waals surface area contributed by atoms with Crippen molar-refractivity contribution in [2.24, 2.45) is 11.1 Å². The maximum atomic E-state index is 11.9. The van der Waals surface area contributed by atoms with Crippen molar-refractivity contribution in [2.45, 2.75) is 57.8 Å². The number of thiol groups is 1. The molecule has 3 amide bonds. The molecule has 1 unspecified atom stereocenters. The Morgan fingerprint density at radius 2 is 1.85 bits per heavy atom. The molecule has 0 bridgehead atoms. The summed E-state index contributed by atoms with van der Waals surface area (Å²) in [5.41, 5.74) is 4.05. The van der Waals surface area contributed by atoms with Gasteiger partial charge in [0.05, 0.1) is 22.9 Å². The average Bonchev–Trinajstić information content (AvgIpc) is 2.57. The van der Waals surface area contributed by atoms with Gasteiger partial charge in [0, 0.05) is 33.0 Å². The van der Waals surface area contributed by atoms with Crippen molar-refractivity contribution in [3.63, 3.8) is 0 Å². The summed E-state index contributed by atoms with van der Waals surface area (Å²) in [4.78, 5) is 47.0. The number of hydrogen-bond acceptors (Lipinski definition) is 6. The summed E-state index contributed by atoms with van der Waals surface area (Å²) in [5, 5.41) is 2.16. The van der Waals surface area contributed by atoms with Crippen LogP contribution in [0.1, 0.15) is 47.0 Å². The Bertz CT molecular complexity index is 537. The minimum atomic E-state index is -0.756. The lowest BCUT2D eigenvalue weighted by molar-refractivity contribution is -0.133. The molecule has 8 nitrogen and oxygen atoms in total. The van der Waals surface area contributed by atoms with Gasteiger partial charge in [0.2, 0.25) is 17.7 Å². The first kappa shape index (κ1) is 25.4. The van der Waals surface area contributed by atoms with Gasteiger partial charge in [-0.1, -0.05) is 0 Å². The highest BCUT2D eigenvalue weighted by molar-refractivity contribution is 7.81. The van der Waals surface area contributed by atoms with Crippen LogP contribution in [0, 0.1) is 5.41 Å². The highest BCUT2D eigenvalue weighted by atomic mass is 32.1. The van der Waals surface area contributed by atoms with E-state index < -0.39 is 22.2 Å². The minimum absolute atomic E-state index is 0.0118. The smallest absolute Gasteiger partial charge is 0.225 e. The van der Waals surface area contributed by atoms with Crippen LogP contribution in [0.3, 0.4) is 0 Å². The van der Waals surface area contributed by atoms with Gasteiger partial charge in [-0.05, 0) is 34.1 Å². The summed E-state index contributed by atoms with van der Waals surface area (Å²) in [7, 11) is 1.58. The van der Waals surface area contributed by atoms with Crippen LogP contribution in [0.2, 0.25) is 0 Å². The molecule has 0 aromatic rings. The molecule has 0 aliphatic rings. The molecule has 0 saturated heterocycles. The summed E-state index contributed by atoms with van der Waals surface area (Å²) in [6.07, 6.45) is 1.34. The third-order valence-corrected chi connectivity index (χ3v) is 4.49. The van der Waals surface area contributed by atoms with E-state index >= 15 is 0 Å². The Morgan fingerprint density at radius 3 is 2.37 bits per heavy atom. The molecule has 0 fully saturated rings. The zero-order chi connectivity index (χ0) is 21.3. The number of carbonyl (C=O) groups excluding carboxylic acids is 4. The van der Waals surface area contributed by atoms with Crippen molar-refractivity contribution in [3.05, 3.63) is 0 Å². The number of rotatable bonds is 13. The first-order valence-corrected chi connectivity index (χ1v) is 9.40. The summed E-state index contributed by atoms with van der Waals surface area (Å²) in [6.45, 7) is 8.06. The fourth-order valence-corrected chi connectivity index (χ4v) is 2.04. The number of nitrogens with two attached hydrogens (primary N) is 1. The first-order valence-electron chi connectivity index (χ1n) is 8.88. The van der Waals surface area contributed by atoms with Crippen molar-refractivity contribution in [1.82, 2.24) is 10.2 Å². The molecule has 9 heteroatoms. The lowest BCUT2D eigenvalue weighted by Crippen LogP contribution is -2.40. The number of primary amides is 1. The maximum absolute atomic E-state index is 11.9. The van der Waals surface area contributed by atoms with Crippen molar-refractivity contribution in [3.8, 4) is 0 Å². The monoisotopic (exact) mass is 403 g/mol. The summed E-state index contributed by atoms with van der Waals surface area (Å²) < 4.78 is 5.77. The zero-order valence-electron chi connectivity index (χ0n) is 16.9. The highest BCUT2D eigenvalue weighted by Crippen LogP contribution is 2.21. The molecule has 156 valence electrons. The molecule has 3 N–H and O–H groups in total. The summed E-state index contributed by atoms with van der Waals surface area (Å²) in [5.74, 6) is -0.843. The zero-order valence-corrected chi connectivity index (χ0v) is 17.8. The average molecular weight is 404 g/mol. The van der Waals surface area contributed by atoms with Gasteiger partial charge < -0.3 is 25.5 Å². The standard InChI is InChI=1S/C18H33N3O5S/c1-17(2,16(19)25)12-26-18(3,4)7-8-20-14(23)6-9-21(5)15(24)10-13(27)11-22/h11,13,27H,6-10,12H2,1-5H3,(H2,19,25)(H,20,23). The van der Waals surface area contributed by atoms with E-state index in [1.54, 1.807) is 20.9 Å². The molecule has 0 aromatic carbocycles. The first-order chi connectivity index (χ1) is 12.3. The second kappa shape index (κ2) is 11.3. The second-order valence-corrected chi connectivity index (χ2v) is 8.53. The number of nitrogens with one attached hydrogen (secondary N) is 1. The molecular weight excluding hydrogens is 370 g/mol. The quantitative estimate of drug-likeness (QED) is 0.306. The number of ether oxygens (including phenoxy) is 1. The van der Waals surface area contributed by atoms with Gasteiger partial charge in [0.1, 0.15) is 6.29 Å². The highest BCUT2D eigenvalue weighted by Gasteiger charge is 2.29. The van der Waals surface area contributed by atoms with Crippen molar-refractivity contribution >= 4 is 36.6 Å². The largest absolute Gasteiger partial charge is 0.374 e. The van der Waals surface area contributed by atoms with E-state index in [9.17, 15) is 19.2 Å². The van der Waals surface area contributed by atoms with Crippen LogP contribution < -0.4 is 11.1 Å². The van der Waals surface area contributed by atoms with Crippen LogP contribution in [-0.4, -0.2) is 66.5 Å². The Hall–Kier alpha value is -1.61. The number of nitrogens with zero attached hydrogens (tertiary/aromatic N) is 1. The topological polar surface area (TPSA) is 119 Å². The molecule has 0 aliphatic heterocycles. The Morgan fingerprint density at radius 1 is 1.26 bits per heavy atom. The normalized spacial score (nSPS) is 13.0. The van der Waals surface area contributed by atoms with Gasteiger partial charge in [-0.2, -0.15) is 12.6 Å². The summed E-state index contributed by atoms with van der Waals surface area (Å²) in [6, 6.07) is 0. The molecular formula is C18H33N3O5S. The Labute approximate surface area is 167 Å². The van der Waals surface area contributed by atoms with Gasteiger partial charge in [0.15, 0.2) is 0 Å².